The second-order valence-electron chi connectivity index (χ2n) is 6.11. The van der Waals surface area contributed by atoms with Crippen molar-refractivity contribution in [2.45, 2.75) is 5.91 Å². The van der Waals surface area contributed by atoms with E-state index in [1.54, 1.807) is 17.2 Å². The number of nitrogens with one attached hydrogen (secondary N) is 1. The highest BCUT2D eigenvalue weighted by atomic mass is 35.5. The molecule has 3 heterocycles. The van der Waals surface area contributed by atoms with Gasteiger partial charge >= 0.3 is 17.8 Å². The maximum Gasteiger partial charge on any atom is 0.356 e. The Morgan fingerprint density at radius 3 is 2.48 bits per heavy atom. The lowest BCUT2D eigenvalue weighted by Gasteiger charge is -2.44. The molecule has 1 fully saturated rings. The molecule has 2 aromatic rings. The fraction of sp³-hybridized carbons (Fsp3) is 0.211. The molecule has 0 unspecified atom stereocenters. The van der Waals surface area contributed by atoms with Crippen molar-refractivity contribution in [2.75, 3.05) is 24.5 Å². The molecule has 1 aromatic carbocycles. The highest BCUT2D eigenvalue weighted by molar-refractivity contribution is 6.33. The Balaban J connectivity index is 1.71. The normalized spacial score (nSPS) is 18.8. The van der Waals surface area contributed by atoms with Crippen LogP contribution in [0, 0.1) is 0 Å². The summed E-state index contributed by atoms with van der Waals surface area (Å²) in [4.78, 5) is 30.0. The number of nitrogens with zero attached hydrogens (tertiary/aromatic N) is 2. The van der Waals surface area contributed by atoms with Gasteiger partial charge in [0.25, 0.3) is 0 Å². The Labute approximate surface area is 160 Å². The third-order valence-corrected chi connectivity index (χ3v) is 4.62. The van der Waals surface area contributed by atoms with E-state index in [4.69, 9.17) is 21.1 Å². The minimum Gasteiger partial charge on any atom is -0.399 e. The number of pyridine rings is 1. The van der Waals surface area contributed by atoms with E-state index in [2.05, 4.69) is 10.3 Å². The number of hydrogen-bond acceptors (Lipinski definition) is 7. The fourth-order valence-electron chi connectivity index (χ4n) is 3.13. The van der Waals surface area contributed by atoms with E-state index < -0.39 is 17.8 Å². The van der Waals surface area contributed by atoms with Crippen LogP contribution in [0.2, 0.25) is 5.02 Å². The molecule has 7 nitrogen and oxygen atoms in total. The van der Waals surface area contributed by atoms with Gasteiger partial charge in [0.1, 0.15) is 0 Å². The van der Waals surface area contributed by atoms with Crippen LogP contribution in [0.15, 0.2) is 54.7 Å². The zero-order valence-corrected chi connectivity index (χ0v) is 15.0. The van der Waals surface area contributed by atoms with Crippen LogP contribution in [0.3, 0.4) is 0 Å². The second-order valence-corrected chi connectivity index (χ2v) is 6.51. The molecule has 4 rings (SSSR count). The van der Waals surface area contributed by atoms with Crippen molar-refractivity contribution in [1.82, 2.24) is 10.3 Å². The number of ether oxygens (including phenoxy) is 2. The van der Waals surface area contributed by atoms with Crippen LogP contribution in [-0.2, 0) is 19.1 Å². The quantitative estimate of drug-likeness (QED) is 0.793. The topological polar surface area (TPSA) is 80.8 Å². The summed E-state index contributed by atoms with van der Waals surface area (Å²) < 4.78 is 10.9. The summed E-state index contributed by atoms with van der Waals surface area (Å²) in [5.41, 5.74) is 2.12. The third-order valence-electron chi connectivity index (χ3n) is 4.33. The molecule has 0 aliphatic carbocycles. The van der Waals surface area contributed by atoms with Crippen LogP contribution in [-0.4, -0.2) is 42.5 Å². The molecule has 27 heavy (non-hydrogen) atoms. The summed E-state index contributed by atoms with van der Waals surface area (Å²) in [5, 5.41) is 3.53. The van der Waals surface area contributed by atoms with E-state index in [0.29, 0.717) is 29.5 Å². The highest BCUT2D eigenvalue weighted by Gasteiger charge is 2.48. The fourth-order valence-corrected chi connectivity index (χ4v) is 3.40. The van der Waals surface area contributed by atoms with Gasteiger partial charge in [0.2, 0.25) is 0 Å². The number of benzene rings is 1. The van der Waals surface area contributed by atoms with Gasteiger partial charge in [-0.25, -0.2) is 9.59 Å². The van der Waals surface area contributed by atoms with E-state index in [9.17, 15) is 9.59 Å². The van der Waals surface area contributed by atoms with Crippen LogP contribution < -0.4 is 10.2 Å². The van der Waals surface area contributed by atoms with Crippen molar-refractivity contribution in [3.63, 3.8) is 0 Å². The van der Waals surface area contributed by atoms with Crippen molar-refractivity contribution in [3.8, 4) is 11.3 Å². The first-order chi connectivity index (χ1) is 13.1. The molecule has 0 saturated carbocycles. The molecule has 1 saturated heterocycles. The Morgan fingerprint density at radius 1 is 1.11 bits per heavy atom. The summed E-state index contributed by atoms with van der Waals surface area (Å²) in [6, 6.07) is 11.3. The third kappa shape index (κ3) is 3.39. The minimum absolute atomic E-state index is 0.129. The smallest absolute Gasteiger partial charge is 0.356 e. The summed E-state index contributed by atoms with van der Waals surface area (Å²) in [6.45, 7) is 1.18. The largest absolute Gasteiger partial charge is 0.399 e. The molecule has 138 valence electrons. The number of esters is 2. The van der Waals surface area contributed by atoms with Crippen LogP contribution in [0.5, 0.6) is 0 Å². The van der Waals surface area contributed by atoms with E-state index in [-0.39, 0.29) is 6.54 Å². The van der Waals surface area contributed by atoms with E-state index in [1.807, 2.05) is 30.3 Å². The van der Waals surface area contributed by atoms with E-state index in [0.717, 1.165) is 17.7 Å². The molecule has 2 aliphatic rings. The number of aromatic nitrogens is 1. The Morgan fingerprint density at radius 2 is 1.81 bits per heavy atom. The molecule has 1 spiro atoms. The zero-order chi connectivity index (χ0) is 18.9. The number of anilines is 1. The molecule has 0 atom stereocenters. The number of carbonyl (C=O) groups excluding carboxylic acids is 2. The number of piperazine rings is 1. The number of hydrogen-bond donors (Lipinski definition) is 1. The van der Waals surface area contributed by atoms with Gasteiger partial charge in [-0.2, -0.15) is 0 Å². The molecular weight excluding hydrogens is 370 g/mol. The molecule has 0 bridgehead atoms. The first-order valence-corrected chi connectivity index (χ1v) is 8.78. The van der Waals surface area contributed by atoms with E-state index in [1.165, 1.54) is 0 Å². The van der Waals surface area contributed by atoms with Gasteiger partial charge in [-0.3, -0.25) is 9.88 Å². The lowest BCUT2D eigenvalue weighted by molar-refractivity contribution is -0.221. The van der Waals surface area contributed by atoms with Crippen molar-refractivity contribution in [1.29, 1.82) is 0 Å². The van der Waals surface area contributed by atoms with Crippen molar-refractivity contribution in [2.24, 2.45) is 0 Å². The average Bonchev–Trinajstić information content (AvgIpc) is 2.81. The number of carbonyl (C=O) groups is 2. The molecule has 1 N–H and O–H groups in total. The Bertz CT molecular complexity index is 896. The SMILES string of the molecule is O=C1C=CC(=O)OC2(CNCCN2c2cnc(-c3ccccc3)c(Cl)c2)O1. The van der Waals surface area contributed by atoms with Crippen LogP contribution >= 0.6 is 11.6 Å². The van der Waals surface area contributed by atoms with Crippen molar-refractivity contribution in [3.05, 3.63) is 59.8 Å². The predicted molar refractivity (Wildman–Crippen MR) is 99.0 cm³/mol. The minimum atomic E-state index is -1.59. The van der Waals surface area contributed by atoms with Gasteiger partial charge in [0.15, 0.2) is 0 Å². The van der Waals surface area contributed by atoms with Crippen LogP contribution in [0.25, 0.3) is 11.3 Å². The monoisotopic (exact) mass is 385 g/mol. The zero-order valence-electron chi connectivity index (χ0n) is 14.2. The van der Waals surface area contributed by atoms with Gasteiger partial charge in [-0.1, -0.05) is 41.9 Å². The Kier molecular flexibility index (Phi) is 4.55. The van der Waals surface area contributed by atoms with Gasteiger partial charge in [-0.05, 0) is 6.07 Å². The van der Waals surface area contributed by atoms with Gasteiger partial charge in [0.05, 0.1) is 29.1 Å². The van der Waals surface area contributed by atoms with Gasteiger partial charge in [0, 0.05) is 30.8 Å². The number of rotatable bonds is 2. The molecule has 0 radical (unpaired) electrons. The van der Waals surface area contributed by atoms with Crippen LogP contribution in [0.1, 0.15) is 0 Å². The molecule has 1 aromatic heterocycles. The maximum absolute atomic E-state index is 11.9. The number of halogens is 1. The van der Waals surface area contributed by atoms with Crippen molar-refractivity contribution >= 4 is 29.2 Å². The first kappa shape index (κ1) is 17.5. The highest BCUT2D eigenvalue weighted by Crippen LogP contribution is 2.34. The molecule has 8 heteroatoms. The molecular formula is C19H16ClN3O4. The molecule has 2 aliphatic heterocycles. The lowest BCUT2D eigenvalue weighted by atomic mass is 10.1. The van der Waals surface area contributed by atoms with Crippen molar-refractivity contribution < 1.29 is 19.1 Å². The summed E-state index contributed by atoms with van der Waals surface area (Å²) in [7, 11) is 0. The van der Waals surface area contributed by atoms with E-state index >= 15 is 0 Å². The van der Waals surface area contributed by atoms with Gasteiger partial charge in [-0.15, -0.1) is 0 Å². The predicted octanol–water partition coefficient (Wildman–Crippen LogP) is 2.12. The summed E-state index contributed by atoms with van der Waals surface area (Å²) >= 11 is 6.47. The lowest BCUT2D eigenvalue weighted by Crippen LogP contribution is -2.65. The molecule has 0 amide bonds. The summed E-state index contributed by atoms with van der Waals surface area (Å²) in [5.74, 6) is -2.90. The average molecular weight is 386 g/mol. The maximum atomic E-state index is 11.9. The van der Waals surface area contributed by atoms with Gasteiger partial charge < -0.3 is 14.8 Å². The summed E-state index contributed by atoms with van der Waals surface area (Å²) in [6.07, 6.45) is 3.72. The second kappa shape index (κ2) is 7.02. The standard InChI is InChI=1S/C19H16ClN3O4/c20-15-10-14(11-22-18(15)13-4-2-1-3-5-13)23-9-8-21-12-19(23)26-16(24)6-7-17(25)27-19/h1-7,10-11,21H,8-9,12H2. The Hall–Kier alpha value is -2.90. The first-order valence-electron chi connectivity index (χ1n) is 8.41. The van der Waals surface area contributed by atoms with Crippen LogP contribution in [0.4, 0.5) is 5.69 Å².